The van der Waals surface area contributed by atoms with Crippen LogP contribution < -0.4 is 5.32 Å². The van der Waals surface area contributed by atoms with Crippen LogP contribution in [0.15, 0.2) is 51.6 Å². The second-order valence-electron chi connectivity index (χ2n) is 6.01. The number of likely N-dealkylation sites (tertiary alicyclic amines) is 1. The number of urea groups is 1. The van der Waals surface area contributed by atoms with E-state index in [0.717, 1.165) is 24.1 Å². The average Bonchev–Trinajstić information content (AvgIpc) is 3.34. The van der Waals surface area contributed by atoms with E-state index < -0.39 is 0 Å². The summed E-state index contributed by atoms with van der Waals surface area (Å²) in [5.41, 5.74) is 1.77. The molecule has 6 nitrogen and oxygen atoms in total. The largest absolute Gasteiger partial charge is 0.420 e. The van der Waals surface area contributed by atoms with Gasteiger partial charge in [0, 0.05) is 35.6 Å². The minimum absolute atomic E-state index is 0.0610. The number of piperidine rings is 1. The van der Waals surface area contributed by atoms with E-state index in [1.54, 1.807) is 11.3 Å². The molecule has 1 aromatic carbocycles. The number of rotatable bonds is 3. The molecule has 25 heavy (non-hydrogen) atoms. The molecule has 1 fully saturated rings. The van der Waals surface area contributed by atoms with Crippen LogP contribution in [-0.2, 0) is 0 Å². The Labute approximate surface area is 149 Å². The monoisotopic (exact) mass is 354 g/mol. The Hall–Kier alpha value is -2.67. The number of anilines is 1. The fraction of sp³-hybridized carbons (Fsp3) is 0.278. The van der Waals surface area contributed by atoms with E-state index in [1.165, 1.54) is 0 Å². The number of amides is 2. The zero-order valence-electron chi connectivity index (χ0n) is 13.6. The first-order valence-corrected chi connectivity index (χ1v) is 9.21. The minimum Gasteiger partial charge on any atom is -0.420 e. The SMILES string of the molecule is O=C(Nc1ccccc1)N1CCC(c2nnc(-c3ccsc3)o2)CC1. The molecule has 0 unspecified atom stereocenters. The summed E-state index contributed by atoms with van der Waals surface area (Å²) in [6.45, 7) is 1.36. The molecule has 0 radical (unpaired) electrons. The first kappa shape index (κ1) is 15.8. The lowest BCUT2D eigenvalue weighted by Crippen LogP contribution is -2.40. The lowest BCUT2D eigenvalue weighted by Gasteiger charge is -2.30. The van der Waals surface area contributed by atoms with Crippen molar-refractivity contribution < 1.29 is 9.21 Å². The van der Waals surface area contributed by atoms with Gasteiger partial charge in [-0.3, -0.25) is 0 Å². The molecule has 1 aliphatic rings. The number of hydrogen-bond donors (Lipinski definition) is 1. The van der Waals surface area contributed by atoms with Crippen LogP contribution in [0.3, 0.4) is 0 Å². The standard InChI is InChI=1S/C18H18N4O2S/c23-18(19-15-4-2-1-3-5-15)22-9-6-13(7-10-22)16-20-21-17(24-16)14-8-11-25-12-14/h1-5,8,11-13H,6-7,9-10H2,(H,19,23). The molecule has 0 atom stereocenters. The van der Waals surface area contributed by atoms with Crippen LogP contribution in [0.5, 0.6) is 0 Å². The number of benzene rings is 1. The van der Waals surface area contributed by atoms with Gasteiger partial charge in [-0.15, -0.1) is 10.2 Å². The van der Waals surface area contributed by atoms with E-state index in [9.17, 15) is 4.79 Å². The highest BCUT2D eigenvalue weighted by atomic mass is 32.1. The Morgan fingerprint density at radius 2 is 1.96 bits per heavy atom. The van der Waals surface area contributed by atoms with Crippen LogP contribution in [0.4, 0.5) is 10.5 Å². The number of nitrogens with zero attached hydrogens (tertiary/aromatic N) is 3. The molecule has 0 saturated carbocycles. The summed E-state index contributed by atoms with van der Waals surface area (Å²) in [6, 6.07) is 11.4. The summed E-state index contributed by atoms with van der Waals surface area (Å²) < 4.78 is 5.82. The minimum atomic E-state index is -0.0610. The van der Waals surface area contributed by atoms with E-state index in [-0.39, 0.29) is 11.9 Å². The molecule has 1 N–H and O–H groups in total. The maximum absolute atomic E-state index is 12.3. The van der Waals surface area contributed by atoms with Gasteiger partial charge in [0.15, 0.2) is 0 Å². The molecule has 128 valence electrons. The van der Waals surface area contributed by atoms with E-state index in [4.69, 9.17) is 4.42 Å². The molecule has 4 rings (SSSR count). The molecule has 0 aliphatic carbocycles. The number of aromatic nitrogens is 2. The summed E-state index contributed by atoms with van der Waals surface area (Å²) in [4.78, 5) is 14.2. The first-order chi connectivity index (χ1) is 12.3. The highest BCUT2D eigenvalue weighted by molar-refractivity contribution is 7.08. The van der Waals surface area contributed by atoms with Crippen LogP contribution in [0.2, 0.25) is 0 Å². The van der Waals surface area contributed by atoms with Gasteiger partial charge < -0.3 is 14.6 Å². The van der Waals surface area contributed by atoms with Crippen molar-refractivity contribution >= 4 is 23.1 Å². The zero-order valence-corrected chi connectivity index (χ0v) is 14.4. The van der Waals surface area contributed by atoms with Crippen molar-refractivity contribution in [3.05, 3.63) is 53.0 Å². The van der Waals surface area contributed by atoms with Crippen LogP contribution in [0.25, 0.3) is 11.5 Å². The number of hydrogen-bond acceptors (Lipinski definition) is 5. The van der Waals surface area contributed by atoms with E-state index in [2.05, 4.69) is 15.5 Å². The molecule has 3 heterocycles. The van der Waals surface area contributed by atoms with Crippen molar-refractivity contribution in [2.24, 2.45) is 0 Å². The third kappa shape index (κ3) is 3.56. The third-order valence-electron chi connectivity index (χ3n) is 4.37. The van der Waals surface area contributed by atoms with Crippen LogP contribution >= 0.6 is 11.3 Å². The average molecular weight is 354 g/mol. The van der Waals surface area contributed by atoms with Gasteiger partial charge >= 0.3 is 6.03 Å². The Morgan fingerprint density at radius 1 is 1.16 bits per heavy atom. The van der Waals surface area contributed by atoms with Gasteiger partial charge in [0.05, 0.1) is 0 Å². The van der Waals surface area contributed by atoms with Crippen molar-refractivity contribution in [1.29, 1.82) is 0 Å². The second-order valence-corrected chi connectivity index (χ2v) is 6.80. The molecule has 1 saturated heterocycles. The summed E-state index contributed by atoms with van der Waals surface area (Å²) >= 11 is 1.60. The number of thiophene rings is 1. The highest BCUT2D eigenvalue weighted by Gasteiger charge is 2.27. The molecular weight excluding hydrogens is 336 g/mol. The number of carbonyl (C=O) groups excluding carboxylic acids is 1. The molecular formula is C18H18N4O2S. The van der Waals surface area contributed by atoms with Gasteiger partial charge in [-0.05, 0) is 36.4 Å². The van der Waals surface area contributed by atoms with Crippen molar-refractivity contribution in [3.63, 3.8) is 0 Å². The van der Waals surface area contributed by atoms with Gasteiger partial charge in [0.2, 0.25) is 11.8 Å². The quantitative estimate of drug-likeness (QED) is 0.765. The highest BCUT2D eigenvalue weighted by Crippen LogP contribution is 2.30. The summed E-state index contributed by atoms with van der Waals surface area (Å²) in [5.74, 6) is 1.45. The smallest absolute Gasteiger partial charge is 0.321 e. The third-order valence-corrected chi connectivity index (χ3v) is 5.05. The molecule has 0 spiro atoms. The Kier molecular flexibility index (Phi) is 4.47. The molecule has 3 aromatic rings. The molecule has 1 aliphatic heterocycles. The van der Waals surface area contributed by atoms with Crippen LogP contribution in [0, 0.1) is 0 Å². The van der Waals surface area contributed by atoms with Crippen LogP contribution in [-0.4, -0.2) is 34.2 Å². The van der Waals surface area contributed by atoms with Gasteiger partial charge in [-0.2, -0.15) is 11.3 Å². The topological polar surface area (TPSA) is 71.3 Å². The normalized spacial score (nSPS) is 15.3. The van der Waals surface area contributed by atoms with E-state index >= 15 is 0 Å². The number of para-hydroxylation sites is 1. The van der Waals surface area contributed by atoms with Crippen molar-refractivity contribution in [2.75, 3.05) is 18.4 Å². The van der Waals surface area contributed by atoms with Crippen molar-refractivity contribution in [2.45, 2.75) is 18.8 Å². The summed E-state index contributed by atoms with van der Waals surface area (Å²) in [5, 5.41) is 15.3. The fourth-order valence-electron chi connectivity index (χ4n) is 2.96. The number of carbonyl (C=O) groups is 1. The van der Waals surface area contributed by atoms with Crippen LogP contribution in [0.1, 0.15) is 24.7 Å². The second kappa shape index (κ2) is 7.06. The van der Waals surface area contributed by atoms with E-state index in [0.29, 0.717) is 24.9 Å². The lowest BCUT2D eigenvalue weighted by atomic mass is 9.97. The molecule has 0 bridgehead atoms. The fourth-order valence-corrected chi connectivity index (χ4v) is 3.59. The number of nitrogens with one attached hydrogen (secondary N) is 1. The molecule has 2 amide bonds. The predicted octanol–water partition coefficient (Wildman–Crippen LogP) is 4.21. The predicted molar refractivity (Wildman–Crippen MR) is 96.6 cm³/mol. The maximum Gasteiger partial charge on any atom is 0.321 e. The zero-order chi connectivity index (χ0) is 17.1. The van der Waals surface area contributed by atoms with Crippen molar-refractivity contribution in [1.82, 2.24) is 15.1 Å². The van der Waals surface area contributed by atoms with Gasteiger partial charge in [-0.25, -0.2) is 4.79 Å². The van der Waals surface area contributed by atoms with Crippen molar-refractivity contribution in [3.8, 4) is 11.5 Å². The first-order valence-electron chi connectivity index (χ1n) is 8.26. The lowest BCUT2D eigenvalue weighted by molar-refractivity contribution is 0.190. The van der Waals surface area contributed by atoms with E-state index in [1.807, 2.05) is 52.1 Å². The Balaban J connectivity index is 1.34. The van der Waals surface area contributed by atoms with Gasteiger partial charge in [0.25, 0.3) is 0 Å². The van der Waals surface area contributed by atoms with Gasteiger partial charge in [0.1, 0.15) is 0 Å². The summed E-state index contributed by atoms with van der Waals surface area (Å²) in [6.07, 6.45) is 1.65. The molecule has 2 aromatic heterocycles. The summed E-state index contributed by atoms with van der Waals surface area (Å²) in [7, 11) is 0. The maximum atomic E-state index is 12.3. The van der Waals surface area contributed by atoms with Gasteiger partial charge in [-0.1, -0.05) is 18.2 Å². The Morgan fingerprint density at radius 3 is 2.68 bits per heavy atom. The Bertz CT molecular complexity index is 824. The molecule has 7 heteroatoms.